The van der Waals surface area contributed by atoms with Gasteiger partial charge >= 0.3 is 0 Å². The Morgan fingerprint density at radius 2 is 2.50 bits per heavy atom. The van der Waals surface area contributed by atoms with E-state index in [2.05, 4.69) is 0 Å². The molecule has 0 spiro atoms. The van der Waals surface area contributed by atoms with Crippen molar-refractivity contribution in [2.45, 2.75) is 0 Å². The third kappa shape index (κ3) is 1.11. The number of thiol groups is 1. The Labute approximate surface area is 46.5 Å². The van der Waals surface area contributed by atoms with Crippen molar-refractivity contribution in [1.29, 1.82) is 0 Å². The number of rotatable bonds is 0. The molecule has 1 rings (SSSR count). The molecule has 1 unspecified atom stereocenters. The topological polar surface area (TPSA) is 20.2 Å². The van der Waals surface area contributed by atoms with Crippen LogP contribution in [0.1, 0.15) is 0 Å². The van der Waals surface area contributed by atoms with Gasteiger partial charge < -0.3 is 4.55 Å². The van der Waals surface area contributed by atoms with Gasteiger partial charge in [-0.1, -0.05) is 21.0 Å². The van der Waals surface area contributed by atoms with Crippen molar-refractivity contribution >= 4 is 30.8 Å². The Balaban J connectivity index is 2.38. The van der Waals surface area contributed by atoms with E-state index in [-0.39, 0.29) is 0 Å². The molecule has 1 heterocycles. The summed E-state index contributed by atoms with van der Waals surface area (Å²) in [6.45, 7) is 0. The first-order valence-electron chi connectivity index (χ1n) is 1.38. The van der Waals surface area contributed by atoms with E-state index < -0.39 is 10.2 Å². The van der Waals surface area contributed by atoms with Crippen molar-refractivity contribution < 1.29 is 4.55 Å². The lowest BCUT2D eigenvalue weighted by Crippen LogP contribution is -1.46. The smallest absolute Gasteiger partial charge is 0.00906 e. The molecule has 1 nitrogen and oxygen atoms in total. The summed E-state index contributed by atoms with van der Waals surface area (Å²) < 4.78 is 8.65. The minimum atomic E-state index is -0.766. The summed E-state index contributed by atoms with van der Waals surface area (Å²) in [5, 5.41) is 3.74. The van der Waals surface area contributed by atoms with Crippen LogP contribution in [-0.2, 0) is 0 Å². The molecule has 0 aromatic carbocycles. The van der Waals surface area contributed by atoms with Gasteiger partial charge in [0.05, 0.1) is 0 Å². The number of hydrogen-bond donors (Lipinski definition) is 2. The lowest BCUT2D eigenvalue weighted by Gasteiger charge is -1.93. The van der Waals surface area contributed by atoms with Gasteiger partial charge in [-0.25, -0.2) is 0 Å². The van der Waals surface area contributed by atoms with Gasteiger partial charge in [-0.05, 0) is 20.6 Å². The monoisotopic (exact) mass is 140 g/mol. The Morgan fingerprint density at radius 3 is 2.67 bits per heavy atom. The van der Waals surface area contributed by atoms with Crippen molar-refractivity contribution in [2.24, 2.45) is 0 Å². The number of hydrogen-bond acceptors (Lipinski definition) is 3. The summed E-state index contributed by atoms with van der Waals surface area (Å²) in [5.74, 6) is 0. The predicted molar refractivity (Wildman–Crippen MR) is 35.9 cm³/mol. The summed E-state index contributed by atoms with van der Waals surface area (Å²) in [5.41, 5.74) is 0. The summed E-state index contributed by atoms with van der Waals surface area (Å²) in [6, 6.07) is 0. The van der Waals surface area contributed by atoms with Gasteiger partial charge in [-0.3, -0.25) is 0 Å². The van der Waals surface area contributed by atoms with Crippen LogP contribution in [0.5, 0.6) is 0 Å². The molecule has 0 radical (unpaired) electrons. The second kappa shape index (κ2) is 2.16. The fraction of sp³-hybridized carbons (Fsp3) is 0. The van der Waals surface area contributed by atoms with Crippen LogP contribution in [-0.4, -0.2) is 4.55 Å². The van der Waals surface area contributed by atoms with Gasteiger partial charge in [0.15, 0.2) is 0 Å². The molecule has 0 bridgehead atoms. The van der Waals surface area contributed by atoms with Crippen LogP contribution in [0.25, 0.3) is 0 Å². The van der Waals surface area contributed by atoms with Crippen molar-refractivity contribution in [3.8, 4) is 0 Å². The molecular formula is C2H4OS3. The summed E-state index contributed by atoms with van der Waals surface area (Å²) in [7, 11) is 2.35. The maximum absolute atomic E-state index is 8.65. The van der Waals surface area contributed by atoms with Crippen LogP contribution in [0.4, 0.5) is 0 Å². The fourth-order valence-corrected chi connectivity index (χ4v) is 4.12. The van der Waals surface area contributed by atoms with E-state index in [1.807, 2.05) is 10.8 Å². The largest absolute Gasteiger partial charge is 0.340 e. The standard InChI is InChI=1S/C2H4OS3/c3-6-2-1-4-5-6/h1-3,6H. The molecule has 0 saturated carbocycles. The van der Waals surface area contributed by atoms with Gasteiger partial charge in [-0.2, -0.15) is 0 Å². The van der Waals surface area contributed by atoms with E-state index in [4.69, 9.17) is 4.55 Å². The van der Waals surface area contributed by atoms with E-state index in [0.717, 1.165) is 0 Å². The normalized spacial score (nSPS) is 37.8. The van der Waals surface area contributed by atoms with Crippen molar-refractivity contribution in [2.75, 3.05) is 0 Å². The molecule has 6 heavy (non-hydrogen) atoms. The zero-order valence-corrected chi connectivity index (χ0v) is 5.39. The second-order valence-electron chi connectivity index (χ2n) is 0.758. The van der Waals surface area contributed by atoms with Crippen molar-refractivity contribution in [3.63, 3.8) is 0 Å². The Morgan fingerprint density at radius 1 is 1.67 bits per heavy atom. The molecule has 4 heteroatoms. The van der Waals surface area contributed by atoms with E-state index in [1.165, 1.54) is 9.83 Å². The third-order valence-corrected chi connectivity index (χ3v) is 5.02. The highest BCUT2D eigenvalue weighted by Crippen LogP contribution is 2.52. The second-order valence-corrected chi connectivity index (χ2v) is 5.76. The summed E-state index contributed by atoms with van der Waals surface area (Å²) in [6.07, 6.45) is 0. The van der Waals surface area contributed by atoms with Gasteiger partial charge in [0.25, 0.3) is 0 Å². The highest BCUT2D eigenvalue weighted by molar-refractivity contribution is 9.15. The highest BCUT2D eigenvalue weighted by atomic mass is 33.5. The first-order chi connectivity index (χ1) is 2.89. The molecule has 0 amide bonds. The van der Waals surface area contributed by atoms with Gasteiger partial charge in [0, 0.05) is 0 Å². The SMILES string of the molecule is O[SH]1C=CSS1. The lowest BCUT2D eigenvalue weighted by molar-refractivity contribution is 0.668. The van der Waals surface area contributed by atoms with E-state index in [9.17, 15) is 0 Å². The lowest BCUT2D eigenvalue weighted by atomic mass is 11.3. The van der Waals surface area contributed by atoms with E-state index in [1.54, 1.807) is 10.8 Å². The first-order valence-corrected chi connectivity index (χ1v) is 5.56. The maximum atomic E-state index is 8.65. The molecular weight excluding hydrogens is 136 g/mol. The van der Waals surface area contributed by atoms with Crippen molar-refractivity contribution in [1.82, 2.24) is 0 Å². The quantitative estimate of drug-likeness (QED) is 0.398. The first kappa shape index (κ1) is 4.90. The molecule has 1 N–H and O–H groups in total. The molecule has 0 aromatic rings. The predicted octanol–water partition coefficient (Wildman–Crippen LogP) is 2.24. The molecule has 0 saturated heterocycles. The molecule has 0 aromatic heterocycles. The minimum Gasteiger partial charge on any atom is -0.340 e. The summed E-state index contributed by atoms with van der Waals surface area (Å²) in [4.78, 5) is 0. The molecule has 0 fully saturated rings. The molecule has 1 aliphatic rings. The van der Waals surface area contributed by atoms with E-state index in [0.29, 0.717) is 0 Å². The van der Waals surface area contributed by atoms with Crippen LogP contribution >= 0.6 is 30.8 Å². The van der Waals surface area contributed by atoms with Crippen LogP contribution in [0.3, 0.4) is 0 Å². The molecule has 1 atom stereocenters. The van der Waals surface area contributed by atoms with Gasteiger partial charge in [-0.15, -0.1) is 0 Å². The van der Waals surface area contributed by atoms with E-state index >= 15 is 0 Å². The van der Waals surface area contributed by atoms with Crippen molar-refractivity contribution in [3.05, 3.63) is 10.8 Å². The van der Waals surface area contributed by atoms with Crippen LogP contribution in [0, 0.1) is 0 Å². The minimum absolute atomic E-state index is 0.766. The third-order valence-electron chi connectivity index (χ3n) is 0.363. The average Bonchev–Trinajstić information content (AvgIpc) is 1.86. The highest BCUT2D eigenvalue weighted by Gasteiger charge is 1.98. The summed E-state index contributed by atoms with van der Waals surface area (Å²) >= 11 is 0. The van der Waals surface area contributed by atoms with Crippen LogP contribution in [0.15, 0.2) is 10.8 Å². The zero-order valence-electron chi connectivity index (χ0n) is 2.87. The molecule has 0 aliphatic carbocycles. The average molecular weight is 140 g/mol. The fourth-order valence-electron chi connectivity index (χ4n) is 0.171. The van der Waals surface area contributed by atoms with Crippen LogP contribution < -0.4 is 0 Å². The molecule has 1 aliphatic heterocycles. The zero-order chi connectivity index (χ0) is 4.41. The molecule has 36 valence electrons. The Bertz CT molecular complexity index is 71.2. The van der Waals surface area contributed by atoms with Gasteiger partial charge in [0.2, 0.25) is 0 Å². The van der Waals surface area contributed by atoms with Gasteiger partial charge in [0.1, 0.15) is 0 Å². The van der Waals surface area contributed by atoms with Crippen LogP contribution in [0.2, 0.25) is 0 Å². The maximum Gasteiger partial charge on any atom is -0.00906 e. The Hall–Kier alpha value is 0.750. The Kier molecular flexibility index (Phi) is 1.76.